The summed E-state index contributed by atoms with van der Waals surface area (Å²) in [6.45, 7) is 1.19. The van der Waals surface area contributed by atoms with Crippen LogP contribution < -0.4 is 14.8 Å². The number of halogens is 3. The second-order valence-corrected chi connectivity index (χ2v) is 6.41. The second kappa shape index (κ2) is 8.02. The molecular formula is C20H20F3N3O3. The van der Waals surface area contributed by atoms with Crippen LogP contribution in [0.5, 0.6) is 11.5 Å². The van der Waals surface area contributed by atoms with Crippen LogP contribution in [0.1, 0.15) is 24.4 Å². The van der Waals surface area contributed by atoms with E-state index in [1.807, 2.05) is 0 Å². The first-order chi connectivity index (χ1) is 13.7. The summed E-state index contributed by atoms with van der Waals surface area (Å²) in [5.41, 5.74) is 1.06. The number of para-hydroxylation sites is 2. The Morgan fingerprint density at radius 3 is 2.55 bits per heavy atom. The van der Waals surface area contributed by atoms with E-state index in [4.69, 9.17) is 9.47 Å². The first-order valence-corrected chi connectivity index (χ1v) is 8.78. The van der Waals surface area contributed by atoms with E-state index in [2.05, 4.69) is 10.3 Å². The van der Waals surface area contributed by atoms with E-state index in [9.17, 15) is 18.0 Å². The van der Waals surface area contributed by atoms with Gasteiger partial charge in [0.25, 0.3) is 0 Å². The van der Waals surface area contributed by atoms with Crippen LogP contribution in [0.4, 0.5) is 13.2 Å². The molecule has 1 aromatic heterocycles. The number of carbonyl (C=O) groups excluding carboxylic acids is 1. The zero-order valence-electron chi connectivity index (χ0n) is 16.1. The summed E-state index contributed by atoms with van der Waals surface area (Å²) in [5, 5.41) is 2.71. The highest BCUT2D eigenvalue weighted by molar-refractivity contribution is 5.81. The molecule has 1 N–H and O–H groups in total. The van der Waals surface area contributed by atoms with Crippen molar-refractivity contribution >= 4 is 16.9 Å². The molecule has 1 amide bonds. The van der Waals surface area contributed by atoms with Gasteiger partial charge in [-0.3, -0.25) is 4.79 Å². The number of imidazole rings is 1. The van der Waals surface area contributed by atoms with Crippen LogP contribution in [0.25, 0.3) is 11.0 Å². The molecule has 29 heavy (non-hydrogen) atoms. The summed E-state index contributed by atoms with van der Waals surface area (Å²) < 4.78 is 51.6. The van der Waals surface area contributed by atoms with Crippen LogP contribution in [0.15, 0.2) is 42.5 Å². The summed E-state index contributed by atoms with van der Waals surface area (Å²) in [6.07, 6.45) is -4.68. The number of hydrogen-bond donors (Lipinski definition) is 1. The van der Waals surface area contributed by atoms with Crippen molar-refractivity contribution in [1.29, 1.82) is 0 Å². The summed E-state index contributed by atoms with van der Waals surface area (Å²) in [7, 11) is 3.00. The maximum absolute atomic E-state index is 13.4. The van der Waals surface area contributed by atoms with Crippen molar-refractivity contribution in [3.8, 4) is 11.5 Å². The fourth-order valence-electron chi connectivity index (χ4n) is 3.14. The molecule has 0 aliphatic carbocycles. The Kier molecular flexibility index (Phi) is 5.67. The Morgan fingerprint density at radius 2 is 1.90 bits per heavy atom. The summed E-state index contributed by atoms with van der Waals surface area (Å²) in [5.74, 6) is -0.596. The Balaban J connectivity index is 1.87. The molecule has 0 fully saturated rings. The first-order valence-electron chi connectivity index (χ1n) is 8.78. The molecule has 3 rings (SSSR count). The van der Waals surface area contributed by atoms with Gasteiger partial charge in [0.2, 0.25) is 11.7 Å². The molecule has 0 spiro atoms. The molecule has 0 aliphatic rings. The average molecular weight is 407 g/mol. The predicted octanol–water partition coefficient (Wildman–Crippen LogP) is 3.95. The van der Waals surface area contributed by atoms with Crippen LogP contribution in [0.3, 0.4) is 0 Å². The van der Waals surface area contributed by atoms with Gasteiger partial charge in [-0.15, -0.1) is 0 Å². The minimum atomic E-state index is -4.68. The third-order valence-corrected chi connectivity index (χ3v) is 4.49. The van der Waals surface area contributed by atoms with Crippen LogP contribution in [0.2, 0.25) is 0 Å². The van der Waals surface area contributed by atoms with Gasteiger partial charge >= 0.3 is 6.18 Å². The molecular weight excluding hydrogens is 387 g/mol. The summed E-state index contributed by atoms with van der Waals surface area (Å²) in [6, 6.07) is 10.8. The van der Waals surface area contributed by atoms with E-state index < -0.39 is 30.5 Å². The van der Waals surface area contributed by atoms with Crippen molar-refractivity contribution in [2.24, 2.45) is 0 Å². The highest BCUT2D eigenvalue weighted by atomic mass is 19.4. The molecule has 1 unspecified atom stereocenters. The first kappa shape index (κ1) is 20.5. The number of nitrogens with zero attached hydrogens (tertiary/aromatic N) is 2. The van der Waals surface area contributed by atoms with E-state index in [-0.39, 0.29) is 11.0 Å². The van der Waals surface area contributed by atoms with Crippen molar-refractivity contribution in [2.75, 3.05) is 14.2 Å². The number of hydrogen-bond acceptors (Lipinski definition) is 4. The monoisotopic (exact) mass is 407 g/mol. The zero-order chi connectivity index (χ0) is 21.2. The second-order valence-electron chi connectivity index (χ2n) is 6.41. The van der Waals surface area contributed by atoms with Crippen molar-refractivity contribution in [3.63, 3.8) is 0 Å². The number of carbonyl (C=O) groups is 1. The maximum atomic E-state index is 13.4. The largest absolute Gasteiger partial charge is 0.497 e. The van der Waals surface area contributed by atoms with Crippen LogP contribution >= 0.6 is 0 Å². The van der Waals surface area contributed by atoms with Crippen LogP contribution in [0, 0.1) is 0 Å². The van der Waals surface area contributed by atoms with Crippen molar-refractivity contribution in [1.82, 2.24) is 14.9 Å². The highest BCUT2D eigenvalue weighted by Crippen LogP contribution is 2.32. The molecule has 154 valence electrons. The summed E-state index contributed by atoms with van der Waals surface area (Å²) >= 11 is 0. The van der Waals surface area contributed by atoms with Gasteiger partial charge in [-0.05, 0) is 37.3 Å². The number of aromatic nitrogens is 2. The topological polar surface area (TPSA) is 65.4 Å². The number of benzene rings is 2. The van der Waals surface area contributed by atoms with Gasteiger partial charge in [0, 0.05) is 5.56 Å². The SMILES string of the molecule is COc1ccc(OC)c(C(C)NC(=O)Cn2c(C(F)(F)F)nc3ccccc32)c1. The maximum Gasteiger partial charge on any atom is 0.449 e. The molecule has 2 aromatic carbocycles. The number of ether oxygens (including phenoxy) is 2. The lowest BCUT2D eigenvalue weighted by Gasteiger charge is -2.19. The molecule has 0 saturated carbocycles. The van der Waals surface area contributed by atoms with E-state index >= 15 is 0 Å². The van der Waals surface area contributed by atoms with Crippen LogP contribution in [-0.2, 0) is 17.5 Å². The quantitative estimate of drug-likeness (QED) is 0.672. The Hall–Kier alpha value is -3.23. The zero-order valence-corrected chi connectivity index (χ0v) is 16.1. The molecule has 0 bridgehead atoms. The minimum Gasteiger partial charge on any atom is -0.497 e. The van der Waals surface area contributed by atoms with Crippen molar-refractivity contribution < 1.29 is 27.4 Å². The Bertz CT molecular complexity index is 1030. The van der Waals surface area contributed by atoms with E-state index in [0.717, 1.165) is 4.57 Å². The van der Waals surface area contributed by atoms with Gasteiger partial charge in [0.1, 0.15) is 18.0 Å². The van der Waals surface area contributed by atoms with E-state index in [1.54, 1.807) is 37.3 Å². The fraction of sp³-hybridized carbons (Fsp3) is 0.300. The van der Waals surface area contributed by atoms with Gasteiger partial charge in [-0.1, -0.05) is 12.1 Å². The van der Waals surface area contributed by atoms with Crippen molar-refractivity contribution in [2.45, 2.75) is 25.7 Å². The third-order valence-electron chi connectivity index (χ3n) is 4.49. The average Bonchev–Trinajstić information content (AvgIpc) is 3.06. The number of rotatable bonds is 6. The Labute approximate surface area is 165 Å². The van der Waals surface area contributed by atoms with E-state index in [0.29, 0.717) is 17.1 Å². The highest BCUT2D eigenvalue weighted by Gasteiger charge is 2.38. The molecule has 9 heteroatoms. The fourth-order valence-corrected chi connectivity index (χ4v) is 3.14. The summed E-state index contributed by atoms with van der Waals surface area (Å²) in [4.78, 5) is 16.2. The van der Waals surface area contributed by atoms with Gasteiger partial charge < -0.3 is 19.4 Å². The Morgan fingerprint density at radius 1 is 1.17 bits per heavy atom. The number of alkyl halides is 3. The van der Waals surface area contributed by atoms with E-state index in [1.165, 1.54) is 26.4 Å². The molecule has 3 aromatic rings. The number of amides is 1. The predicted molar refractivity (Wildman–Crippen MR) is 101 cm³/mol. The molecule has 0 saturated heterocycles. The lowest BCUT2D eigenvalue weighted by Crippen LogP contribution is -2.31. The number of nitrogens with one attached hydrogen (secondary N) is 1. The van der Waals surface area contributed by atoms with Crippen LogP contribution in [-0.4, -0.2) is 29.7 Å². The smallest absolute Gasteiger partial charge is 0.449 e. The molecule has 6 nitrogen and oxygen atoms in total. The minimum absolute atomic E-state index is 0.176. The lowest BCUT2D eigenvalue weighted by molar-refractivity contribution is -0.147. The van der Waals surface area contributed by atoms with Crippen molar-refractivity contribution in [3.05, 3.63) is 53.9 Å². The molecule has 1 heterocycles. The number of methoxy groups -OCH3 is 2. The standard InChI is InChI=1S/C20H20F3N3O3/c1-12(14-10-13(28-2)8-9-17(14)29-3)24-18(27)11-26-16-7-5-4-6-15(16)25-19(26)20(21,22)23/h4-10,12H,11H2,1-3H3,(H,24,27). The normalized spacial score (nSPS) is 12.6. The van der Waals surface area contributed by atoms with Gasteiger partial charge in [-0.25, -0.2) is 4.98 Å². The molecule has 1 atom stereocenters. The van der Waals surface area contributed by atoms with Gasteiger partial charge in [-0.2, -0.15) is 13.2 Å². The third kappa shape index (κ3) is 4.28. The number of fused-ring (bicyclic) bond motifs is 1. The van der Waals surface area contributed by atoms with Gasteiger partial charge in [0.05, 0.1) is 31.3 Å². The van der Waals surface area contributed by atoms with Gasteiger partial charge in [0.15, 0.2) is 0 Å². The molecule has 0 aliphatic heterocycles. The lowest BCUT2D eigenvalue weighted by atomic mass is 10.1. The molecule has 0 radical (unpaired) electrons.